The molecule has 0 spiro atoms. The second-order valence-electron chi connectivity index (χ2n) is 3.85. The minimum Gasteiger partial charge on any atom is -0.392 e. The molecule has 0 aliphatic rings. The molecule has 1 rings (SSSR count). The maximum absolute atomic E-state index is 9.36. The molecule has 0 bridgehead atoms. The van der Waals surface area contributed by atoms with Gasteiger partial charge < -0.3 is 5.11 Å². The zero-order valence-electron chi connectivity index (χ0n) is 9.33. The second-order valence-corrected chi connectivity index (χ2v) is 5.62. The molecule has 0 aliphatic carbocycles. The van der Waals surface area contributed by atoms with Crippen LogP contribution >= 0.6 is 23.4 Å². The molecule has 0 saturated carbocycles. The lowest BCUT2D eigenvalue weighted by molar-refractivity contribution is 0.196. The summed E-state index contributed by atoms with van der Waals surface area (Å²) in [6.45, 7) is 5.87. The number of benzene rings is 1. The van der Waals surface area contributed by atoms with Gasteiger partial charge in [0, 0.05) is 16.0 Å². The van der Waals surface area contributed by atoms with Crippen LogP contribution in [-0.4, -0.2) is 16.5 Å². The fraction of sp³-hybridized carbons (Fsp3) is 0.500. The smallest absolute Gasteiger partial charge is 0.0628 e. The molecule has 84 valence electrons. The van der Waals surface area contributed by atoms with E-state index in [1.54, 1.807) is 11.8 Å². The van der Waals surface area contributed by atoms with E-state index < -0.39 is 0 Å². The topological polar surface area (TPSA) is 20.2 Å². The average molecular weight is 245 g/mol. The lowest BCUT2D eigenvalue weighted by atomic mass is 10.2. The summed E-state index contributed by atoms with van der Waals surface area (Å²) in [6.07, 6.45) is -0.278. The molecule has 2 atom stereocenters. The van der Waals surface area contributed by atoms with Gasteiger partial charge in [-0.05, 0) is 31.0 Å². The Morgan fingerprint density at radius 3 is 2.60 bits per heavy atom. The highest BCUT2D eigenvalue weighted by atomic mass is 35.5. The number of aliphatic hydroxyl groups is 1. The van der Waals surface area contributed by atoms with Gasteiger partial charge >= 0.3 is 0 Å². The SMILES string of the molecule is Cc1ccc(CSC(C)C(C)O)c(Cl)c1. The van der Waals surface area contributed by atoms with Crippen molar-refractivity contribution in [2.75, 3.05) is 0 Å². The van der Waals surface area contributed by atoms with Crippen molar-refractivity contribution in [3.63, 3.8) is 0 Å². The molecule has 0 heterocycles. The van der Waals surface area contributed by atoms with Crippen molar-refractivity contribution in [3.8, 4) is 0 Å². The lowest BCUT2D eigenvalue weighted by Gasteiger charge is -2.14. The Kier molecular flexibility index (Phi) is 4.97. The molecule has 1 N–H and O–H groups in total. The predicted octanol–water partition coefficient (Wildman–Crippen LogP) is 3.65. The summed E-state index contributed by atoms with van der Waals surface area (Å²) in [5.41, 5.74) is 2.32. The van der Waals surface area contributed by atoms with Crippen molar-refractivity contribution in [2.45, 2.75) is 37.9 Å². The lowest BCUT2D eigenvalue weighted by Crippen LogP contribution is -2.15. The molecule has 15 heavy (non-hydrogen) atoms. The highest BCUT2D eigenvalue weighted by Crippen LogP contribution is 2.25. The van der Waals surface area contributed by atoms with E-state index in [-0.39, 0.29) is 11.4 Å². The van der Waals surface area contributed by atoms with Gasteiger partial charge in [-0.1, -0.05) is 30.7 Å². The molecule has 0 fully saturated rings. The van der Waals surface area contributed by atoms with Crippen LogP contribution in [0, 0.1) is 6.92 Å². The van der Waals surface area contributed by atoms with Crippen LogP contribution in [0.4, 0.5) is 0 Å². The normalized spacial score (nSPS) is 15.0. The standard InChI is InChI=1S/C12H17ClOS/c1-8-4-5-11(12(13)6-8)7-15-10(3)9(2)14/h4-6,9-10,14H,7H2,1-3H3. The summed E-state index contributed by atoms with van der Waals surface area (Å²) in [4.78, 5) is 0. The number of halogens is 1. The van der Waals surface area contributed by atoms with Gasteiger partial charge in [-0.25, -0.2) is 0 Å². The zero-order valence-corrected chi connectivity index (χ0v) is 10.9. The van der Waals surface area contributed by atoms with Gasteiger partial charge in [-0.15, -0.1) is 0 Å². The first-order valence-electron chi connectivity index (χ1n) is 5.05. The van der Waals surface area contributed by atoms with Crippen molar-refractivity contribution in [3.05, 3.63) is 34.3 Å². The predicted molar refractivity (Wildman–Crippen MR) is 68.6 cm³/mol. The quantitative estimate of drug-likeness (QED) is 0.873. The largest absolute Gasteiger partial charge is 0.392 e. The van der Waals surface area contributed by atoms with Crippen LogP contribution in [0.15, 0.2) is 18.2 Å². The molecule has 0 aliphatic heterocycles. The summed E-state index contributed by atoms with van der Waals surface area (Å²) in [7, 11) is 0. The highest BCUT2D eigenvalue weighted by molar-refractivity contribution is 7.99. The Morgan fingerprint density at radius 2 is 2.07 bits per heavy atom. The third-order valence-electron chi connectivity index (χ3n) is 2.39. The van der Waals surface area contributed by atoms with Gasteiger partial charge in [0.15, 0.2) is 0 Å². The average Bonchev–Trinajstić information content (AvgIpc) is 2.15. The number of rotatable bonds is 4. The van der Waals surface area contributed by atoms with Gasteiger partial charge in [-0.2, -0.15) is 11.8 Å². The highest BCUT2D eigenvalue weighted by Gasteiger charge is 2.10. The molecule has 1 nitrogen and oxygen atoms in total. The number of hydrogen-bond donors (Lipinski definition) is 1. The molecule has 0 amide bonds. The number of aryl methyl sites for hydroxylation is 1. The van der Waals surface area contributed by atoms with E-state index in [4.69, 9.17) is 11.6 Å². The van der Waals surface area contributed by atoms with Crippen LogP contribution < -0.4 is 0 Å². The van der Waals surface area contributed by atoms with Crippen LogP contribution in [0.3, 0.4) is 0 Å². The van der Waals surface area contributed by atoms with E-state index in [1.807, 2.05) is 26.8 Å². The van der Waals surface area contributed by atoms with Crippen molar-refractivity contribution in [1.82, 2.24) is 0 Å². The van der Waals surface area contributed by atoms with Crippen molar-refractivity contribution >= 4 is 23.4 Å². The van der Waals surface area contributed by atoms with Gasteiger partial charge in [0.1, 0.15) is 0 Å². The first-order chi connectivity index (χ1) is 7.00. The van der Waals surface area contributed by atoms with Crippen LogP contribution in [0.2, 0.25) is 5.02 Å². The van der Waals surface area contributed by atoms with E-state index in [0.717, 1.165) is 16.3 Å². The van der Waals surface area contributed by atoms with Crippen LogP contribution in [0.25, 0.3) is 0 Å². The summed E-state index contributed by atoms with van der Waals surface area (Å²) in [5.74, 6) is 0.852. The van der Waals surface area contributed by atoms with Gasteiger partial charge in [0.25, 0.3) is 0 Å². The third-order valence-corrected chi connectivity index (χ3v) is 4.14. The zero-order chi connectivity index (χ0) is 11.4. The molecule has 1 aromatic carbocycles. The van der Waals surface area contributed by atoms with E-state index in [1.165, 1.54) is 5.56 Å². The molecule has 0 saturated heterocycles. The molecular weight excluding hydrogens is 228 g/mol. The number of aliphatic hydroxyl groups excluding tert-OH is 1. The summed E-state index contributed by atoms with van der Waals surface area (Å²) >= 11 is 7.84. The summed E-state index contributed by atoms with van der Waals surface area (Å²) in [5, 5.41) is 10.4. The monoisotopic (exact) mass is 244 g/mol. The summed E-state index contributed by atoms with van der Waals surface area (Å²) < 4.78 is 0. The number of thioether (sulfide) groups is 1. The summed E-state index contributed by atoms with van der Waals surface area (Å²) in [6, 6.07) is 6.10. The molecule has 0 aromatic heterocycles. The van der Waals surface area contributed by atoms with Gasteiger partial charge in [-0.3, -0.25) is 0 Å². The van der Waals surface area contributed by atoms with Crippen molar-refractivity contribution < 1.29 is 5.11 Å². The molecule has 2 unspecified atom stereocenters. The minimum absolute atomic E-state index is 0.238. The Hall–Kier alpha value is -0.180. The molecule has 3 heteroatoms. The van der Waals surface area contributed by atoms with Gasteiger partial charge in [0.2, 0.25) is 0 Å². The van der Waals surface area contributed by atoms with E-state index >= 15 is 0 Å². The second kappa shape index (κ2) is 5.78. The molecule has 1 aromatic rings. The van der Waals surface area contributed by atoms with Crippen molar-refractivity contribution in [1.29, 1.82) is 0 Å². The minimum atomic E-state index is -0.278. The number of hydrogen-bond acceptors (Lipinski definition) is 2. The van der Waals surface area contributed by atoms with Gasteiger partial charge in [0.05, 0.1) is 6.10 Å². The molecular formula is C12H17ClOS. The van der Waals surface area contributed by atoms with Crippen molar-refractivity contribution in [2.24, 2.45) is 0 Å². The Labute approximate surface area is 101 Å². The maximum Gasteiger partial charge on any atom is 0.0628 e. The Balaban J connectivity index is 2.58. The Bertz CT molecular complexity index is 325. The maximum atomic E-state index is 9.36. The van der Waals surface area contributed by atoms with E-state index in [0.29, 0.717) is 0 Å². The van der Waals surface area contributed by atoms with E-state index in [9.17, 15) is 5.11 Å². The molecule has 0 radical (unpaired) electrons. The third kappa shape index (κ3) is 4.06. The van der Waals surface area contributed by atoms with Crippen LogP contribution in [0.5, 0.6) is 0 Å². The van der Waals surface area contributed by atoms with Crippen LogP contribution in [-0.2, 0) is 5.75 Å². The first kappa shape index (κ1) is 12.9. The fourth-order valence-electron chi connectivity index (χ4n) is 1.13. The Morgan fingerprint density at radius 1 is 1.40 bits per heavy atom. The van der Waals surface area contributed by atoms with E-state index in [2.05, 4.69) is 12.1 Å². The van der Waals surface area contributed by atoms with Crippen LogP contribution in [0.1, 0.15) is 25.0 Å². The first-order valence-corrected chi connectivity index (χ1v) is 6.48. The fourth-order valence-corrected chi connectivity index (χ4v) is 2.48.